The number of aliphatic hydroxyl groups excluding tert-OH is 1. The van der Waals surface area contributed by atoms with Gasteiger partial charge < -0.3 is 10.4 Å². The monoisotopic (exact) mass is 286 g/mol. The maximum atomic E-state index is 11.7. The molecular weight excluding hydrogens is 264 g/mol. The molecule has 3 N–H and O–H groups in total. The largest absolute Gasteiger partial charge is 0.394 e. The average Bonchev–Trinajstić information content (AvgIpc) is 2.75. The van der Waals surface area contributed by atoms with Gasteiger partial charge in [-0.2, -0.15) is 0 Å². The highest BCUT2D eigenvalue weighted by molar-refractivity contribution is 7.15. The molecule has 1 unspecified atom stereocenters. The van der Waals surface area contributed by atoms with Gasteiger partial charge in [0.15, 0.2) is 0 Å². The number of nitrogens with zero attached hydrogens (tertiary/aromatic N) is 2. The number of carbonyl (C=O) groups excluding carboxylic acids is 1. The normalized spacial score (nSPS) is 12.5. The molecule has 1 rings (SSSR count). The summed E-state index contributed by atoms with van der Waals surface area (Å²) in [6.07, 6.45) is 2.61. The predicted molar refractivity (Wildman–Crippen MR) is 76.4 cm³/mol. The first-order chi connectivity index (χ1) is 9.05. The zero-order valence-corrected chi connectivity index (χ0v) is 12.5. The number of aryl methyl sites for hydroxylation is 1. The van der Waals surface area contributed by atoms with Gasteiger partial charge in [-0.15, -0.1) is 10.2 Å². The summed E-state index contributed by atoms with van der Waals surface area (Å²) >= 11 is 1.38. The van der Waals surface area contributed by atoms with Crippen molar-refractivity contribution < 1.29 is 9.90 Å². The van der Waals surface area contributed by atoms with Crippen molar-refractivity contribution in [2.45, 2.75) is 46.1 Å². The minimum atomic E-state index is -0.348. The Morgan fingerprint density at radius 3 is 2.74 bits per heavy atom. The molecule has 7 heteroatoms. The van der Waals surface area contributed by atoms with E-state index in [0.717, 1.165) is 24.3 Å². The number of urea groups is 1. The summed E-state index contributed by atoms with van der Waals surface area (Å²) < 4.78 is 0. The number of aliphatic hydroxyl groups is 1. The van der Waals surface area contributed by atoms with Gasteiger partial charge in [-0.3, -0.25) is 5.32 Å². The van der Waals surface area contributed by atoms with Gasteiger partial charge in [0.1, 0.15) is 5.01 Å². The maximum Gasteiger partial charge on any atom is 0.321 e. The Hall–Kier alpha value is -1.21. The summed E-state index contributed by atoms with van der Waals surface area (Å²) in [6, 6.07) is -0.582. The summed E-state index contributed by atoms with van der Waals surface area (Å²) in [4.78, 5) is 11.7. The van der Waals surface area contributed by atoms with E-state index in [4.69, 9.17) is 0 Å². The molecule has 2 amide bonds. The Labute approximate surface area is 117 Å². The van der Waals surface area contributed by atoms with Crippen LogP contribution in [-0.4, -0.2) is 34.0 Å². The second kappa shape index (κ2) is 8.06. The second-order valence-electron chi connectivity index (χ2n) is 4.86. The molecule has 0 bridgehead atoms. The van der Waals surface area contributed by atoms with Crippen molar-refractivity contribution in [3.8, 4) is 0 Å². The molecule has 0 radical (unpaired) electrons. The van der Waals surface area contributed by atoms with Crippen molar-refractivity contribution in [1.29, 1.82) is 0 Å². The van der Waals surface area contributed by atoms with Gasteiger partial charge in [-0.25, -0.2) is 4.79 Å². The zero-order chi connectivity index (χ0) is 14.3. The molecule has 1 atom stereocenters. The van der Waals surface area contributed by atoms with Gasteiger partial charge in [0.05, 0.1) is 12.6 Å². The van der Waals surface area contributed by atoms with Gasteiger partial charge in [-0.05, 0) is 18.8 Å². The van der Waals surface area contributed by atoms with E-state index < -0.39 is 0 Å². The number of nitrogens with one attached hydrogen (secondary N) is 2. The van der Waals surface area contributed by atoms with Crippen molar-refractivity contribution in [1.82, 2.24) is 15.5 Å². The zero-order valence-electron chi connectivity index (χ0n) is 11.6. The average molecular weight is 286 g/mol. The van der Waals surface area contributed by atoms with Crippen LogP contribution >= 0.6 is 11.3 Å². The number of hydrogen-bond acceptors (Lipinski definition) is 5. The molecule has 0 aromatic carbocycles. The molecule has 6 nitrogen and oxygen atoms in total. The highest BCUT2D eigenvalue weighted by Gasteiger charge is 2.14. The summed E-state index contributed by atoms with van der Waals surface area (Å²) in [6.45, 7) is 6.09. The van der Waals surface area contributed by atoms with Gasteiger partial charge in [0, 0.05) is 6.42 Å². The van der Waals surface area contributed by atoms with E-state index in [1.165, 1.54) is 11.3 Å². The lowest BCUT2D eigenvalue weighted by Gasteiger charge is -2.17. The Balaban J connectivity index is 2.44. The molecule has 1 heterocycles. The smallest absolute Gasteiger partial charge is 0.321 e. The molecule has 0 saturated heterocycles. The van der Waals surface area contributed by atoms with Gasteiger partial charge in [0.2, 0.25) is 5.13 Å². The lowest BCUT2D eigenvalue weighted by Crippen LogP contribution is -2.40. The van der Waals surface area contributed by atoms with E-state index >= 15 is 0 Å². The van der Waals surface area contributed by atoms with E-state index in [0.29, 0.717) is 11.0 Å². The molecule has 0 saturated carbocycles. The third-order valence-electron chi connectivity index (χ3n) is 2.46. The van der Waals surface area contributed by atoms with Crippen LogP contribution in [0.1, 0.15) is 38.6 Å². The third kappa shape index (κ3) is 5.98. The number of anilines is 1. The maximum absolute atomic E-state index is 11.7. The third-order valence-corrected chi connectivity index (χ3v) is 3.36. The van der Waals surface area contributed by atoms with E-state index in [9.17, 15) is 9.90 Å². The van der Waals surface area contributed by atoms with Gasteiger partial charge in [0.25, 0.3) is 0 Å². The number of carbonyl (C=O) groups is 1. The molecule has 0 aliphatic heterocycles. The Bertz CT molecular complexity index is 395. The molecule has 0 aliphatic carbocycles. The van der Waals surface area contributed by atoms with Gasteiger partial charge in [-0.1, -0.05) is 32.1 Å². The number of hydrogen-bond donors (Lipinski definition) is 3. The van der Waals surface area contributed by atoms with Crippen LogP contribution in [0.25, 0.3) is 0 Å². The molecule has 19 heavy (non-hydrogen) atoms. The quantitative estimate of drug-likeness (QED) is 0.715. The van der Waals surface area contributed by atoms with Crippen molar-refractivity contribution in [3.05, 3.63) is 5.01 Å². The van der Waals surface area contributed by atoms with Crippen molar-refractivity contribution in [3.63, 3.8) is 0 Å². The minimum absolute atomic E-state index is 0.0667. The fourth-order valence-corrected chi connectivity index (χ4v) is 2.52. The summed E-state index contributed by atoms with van der Waals surface area (Å²) in [7, 11) is 0. The number of aromatic nitrogens is 2. The lowest BCUT2D eigenvalue weighted by atomic mass is 10.0. The SMILES string of the molecule is CCCc1nnc(NC(=O)NC(CO)CC(C)C)s1. The lowest BCUT2D eigenvalue weighted by molar-refractivity contribution is 0.214. The standard InChI is InChI=1S/C12H22N4O2S/c1-4-5-10-15-16-12(19-10)14-11(18)13-9(7-17)6-8(2)3/h8-9,17H,4-7H2,1-3H3,(H2,13,14,16,18). The molecule has 0 spiro atoms. The number of rotatable bonds is 7. The van der Waals surface area contributed by atoms with Crippen molar-refractivity contribution in [2.75, 3.05) is 11.9 Å². The predicted octanol–water partition coefficient (Wildman–Crippen LogP) is 2.02. The van der Waals surface area contributed by atoms with Crippen LogP contribution in [0.15, 0.2) is 0 Å². The Morgan fingerprint density at radius 1 is 1.42 bits per heavy atom. The highest BCUT2D eigenvalue weighted by atomic mass is 32.1. The summed E-state index contributed by atoms with van der Waals surface area (Å²) in [5, 5.41) is 23.9. The summed E-state index contributed by atoms with van der Waals surface area (Å²) in [5.41, 5.74) is 0. The molecule has 0 fully saturated rings. The van der Waals surface area contributed by atoms with Crippen molar-refractivity contribution >= 4 is 22.5 Å². The molecule has 0 aliphatic rings. The van der Waals surface area contributed by atoms with Crippen LogP contribution in [-0.2, 0) is 6.42 Å². The summed E-state index contributed by atoms with van der Waals surface area (Å²) in [5.74, 6) is 0.412. The molecular formula is C12H22N4O2S. The van der Waals surface area contributed by atoms with E-state index in [1.807, 2.05) is 13.8 Å². The van der Waals surface area contributed by atoms with Crippen LogP contribution in [0.4, 0.5) is 9.93 Å². The minimum Gasteiger partial charge on any atom is -0.394 e. The Kier molecular flexibility index (Phi) is 6.72. The van der Waals surface area contributed by atoms with Crippen LogP contribution in [0, 0.1) is 5.92 Å². The topological polar surface area (TPSA) is 87.1 Å². The number of amides is 2. The van der Waals surface area contributed by atoms with Crippen molar-refractivity contribution in [2.24, 2.45) is 5.92 Å². The molecule has 1 aromatic heterocycles. The molecule has 108 valence electrons. The Morgan fingerprint density at radius 2 is 2.16 bits per heavy atom. The first kappa shape index (κ1) is 15.8. The fraction of sp³-hybridized carbons (Fsp3) is 0.750. The van der Waals surface area contributed by atoms with E-state index in [1.54, 1.807) is 0 Å². The fourth-order valence-electron chi connectivity index (χ4n) is 1.69. The van der Waals surface area contributed by atoms with Crippen LogP contribution < -0.4 is 10.6 Å². The van der Waals surface area contributed by atoms with E-state index in [2.05, 4.69) is 27.8 Å². The van der Waals surface area contributed by atoms with Crippen LogP contribution in [0.2, 0.25) is 0 Å². The highest BCUT2D eigenvalue weighted by Crippen LogP contribution is 2.16. The first-order valence-corrected chi connectivity index (χ1v) is 7.37. The first-order valence-electron chi connectivity index (χ1n) is 6.55. The molecule has 1 aromatic rings. The van der Waals surface area contributed by atoms with Crippen LogP contribution in [0.5, 0.6) is 0 Å². The second-order valence-corrected chi connectivity index (χ2v) is 5.92. The van der Waals surface area contributed by atoms with Gasteiger partial charge >= 0.3 is 6.03 Å². The van der Waals surface area contributed by atoms with E-state index in [-0.39, 0.29) is 18.7 Å². The van der Waals surface area contributed by atoms with Crippen LogP contribution in [0.3, 0.4) is 0 Å².